The van der Waals surface area contributed by atoms with Gasteiger partial charge in [-0.05, 0) is 79.4 Å². The van der Waals surface area contributed by atoms with Crippen molar-refractivity contribution in [1.82, 2.24) is 82.4 Å². The zero-order valence-corrected chi connectivity index (χ0v) is 59.6. The van der Waals surface area contributed by atoms with Crippen molar-refractivity contribution in [3.63, 3.8) is 0 Å². The highest BCUT2D eigenvalue weighted by molar-refractivity contribution is 7.98. The van der Waals surface area contributed by atoms with Crippen molar-refractivity contribution < 1.29 is 82.4 Å². The predicted molar refractivity (Wildman–Crippen MR) is 378 cm³/mol. The van der Waals surface area contributed by atoms with Gasteiger partial charge in [-0.3, -0.25) is 86.7 Å². The molecule has 11 amide bonds. The van der Waals surface area contributed by atoms with Gasteiger partial charge < -0.3 is 84.6 Å². The van der Waals surface area contributed by atoms with Crippen LogP contribution in [-0.2, 0) is 81.7 Å². The van der Waals surface area contributed by atoms with Gasteiger partial charge >= 0.3 is 17.9 Å². The summed E-state index contributed by atoms with van der Waals surface area (Å²) in [5.41, 5.74) is 13.2. The maximum absolute atomic E-state index is 14.5. The first-order chi connectivity index (χ1) is 48.9. The first-order valence-electron chi connectivity index (χ1n) is 33.8. The van der Waals surface area contributed by atoms with E-state index in [9.17, 15) is 82.4 Å². The van der Waals surface area contributed by atoms with Gasteiger partial charge in [0, 0.05) is 107 Å². The minimum atomic E-state index is -1.49. The molecule has 3 heterocycles. The third-order valence-corrected chi connectivity index (χ3v) is 17.4. The van der Waals surface area contributed by atoms with Crippen molar-refractivity contribution in [3.8, 4) is 0 Å². The van der Waals surface area contributed by atoms with Gasteiger partial charge in [-0.2, -0.15) is 11.8 Å². The van der Waals surface area contributed by atoms with Crippen LogP contribution in [0, 0.1) is 11.8 Å². The maximum atomic E-state index is 14.5. The van der Waals surface area contributed by atoms with Gasteiger partial charge in [0.25, 0.3) is 5.91 Å². The number of carbonyl (C=O) groups is 14. The molecule has 2 aromatic carbocycles. The summed E-state index contributed by atoms with van der Waals surface area (Å²) in [5, 5.41) is 53.2. The molecule has 4 aromatic rings. The lowest BCUT2D eigenvalue weighted by atomic mass is 10.0. The van der Waals surface area contributed by atoms with E-state index in [0.717, 1.165) is 0 Å². The molecule has 564 valence electrons. The smallest absolute Gasteiger partial charge is 0.317 e. The lowest BCUT2D eigenvalue weighted by Crippen LogP contribution is -2.59. The van der Waals surface area contributed by atoms with Crippen LogP contribution in [0.5, 0.6) is 0 Å². The molecule has 0 aliphatic carbocycles. The normalized spacial score (nSPS) is 15.6. The van der Waals surface area contributed by atoms with E-state index in [1.807, 2.05) is 20.1 Å². The van der Waals surface area contributed by atoms with E-state index in [2.05, 4.69) is 62.8 Å². The number of aromatic nitrogens is 3. The number of nitrogens with zero attached hydrogens (tertiary/aromatic N) is 5. The molecule has 18 N–H and O–H groups in total. The Bertz CT molecular complexity index is 3540. The largest absolute Gasteiger partial charge is 0.480 e. The molecule has 36 heteroatoms. The third-order valence-electron chi connectivity index (χ3n) is 16.7. The van der Waals surface area contributed by atoms with Crippen LogP contribution < -0.4 is 59.3 Å². The van der Waals surface area contributed by atoms with Crippen molar-refractivity contribution >= 4 is 106 Å². The molecule has 35 nitrogen and oxygen atoms in total. The number of benzene rings is 2. The number of H-pyrrole nitrogens is 2. The van der Waals surface area contributed by atoms with Gasteiger partial charge in [0.05, 0.1) is 44.7 Å². The first-order valence-corrected chi connectivity index (χ1v) is 35.2. The number of nitrogens with one attached hydrogen (secondary N) is 11. The van der Waals surface area contributed by atoms with Crippen LogP contribution in [0.3, 0.4) is 0 Å². The van der Waals surface area contributed by atoms with Crippen LogP contribution in [0.1, 0.15) is 87.5 Å². The van der Waals surface area contributed by atoms with Gasteiger partial charge in [-0.15, -0.1) is 0 Å². The van der Waals surface area contributed by atoms with Gasteiger partial charge in [0.1, 0.15) is 42.3 Å². The number of carboxylic acids is 3. The zero-order valence-electron chi connectivity index (χ0n) is 58.8. The molecule has 0 radical (unpaired) electrons. The van der Waals surface area contributed by atoms with Crippen LogP contribution >= 0.6 is 11.8 Å². The van der Waals surface area contributed by atoms with E-state index in [1.165, 1.54) is 49.4 Å². The van der Waals surface area contributed by atoms with E-state index in [1.54, 1.807) is 70.0 Å². The molecule has 1 saturated heterocycles. The lowest BCUT2D eigenvalue weighted by molar-refractivity contribution is -0.140. The molecule has 1 fully saturated rings. The van der Waals surface area contributed by atoms with E-state index in [-0.39, 0.29) is 129 Å². The quantitative estimate of drug-likeness (QED) is 0.0209. The fourth-order valence-electron chi connectivity index (χ4n) is 11.2. The topological polar surface area (TPSA) is 517 Å². The van der Waals surface area contributed by atoms with Crippen molar-refractivity contribution in [1.29, 1.82) is 0 Å². The summed E-state index contributed by atoms with van der Waals surface area (Å²) >= 11 is 1.45. The van der Waals surface area contributed by atoms with E-state index < -0.39 is 144 Å². The monoisotopic (exact) mass is 1460 g/mol. The second kappa shape index (κ2) is 42.4. The number of rotatable bonds is 40. The summed E-state index contributed by atoms with van der Waals surface area (Å²) in [5.74, 6) is -12.0. The number of thioether (sulfide) groups is 1. The molecule has 1 aliphatic rings. The number of carboxylic acid groups (broad SMARTS) is 3. The summed E-state index contributed by atoms with van der Waals surface area (Å²) in [6.45, 7) is 7.72. The Morgan fingerprint density at radius 1 is 0.563 bits per heavy atom. The summed E-state index contributed by atoms with van der Waals surface area (Å²) in [6, 6.07) is 4.08. The number of para-hydroxylation sites is 1. The number of aliphatic carboxylic acids is 3. The summed E-state index contributed by atoms with van der Waals surface area (Å²) in [6.07, 6.45) is 5.70. The average molecular weight is 1460 g/mol. The SMILES string of the molecule is CSCC[C@H](NC(=O)[C@H](CC(C)C)NC(=O)[C@H](Cc1c[nH]cn1)NC(=O)CNC(=O)[C@@H](NC(=O)[C@H](C)NC(=O)[C@H](Cc1c[nH]c2ccccc12)NC(=O)[C@H](CCC(N)=O)NC(=O)c1cccc(CNC(=O)CN2CCN(CC(=O)O)CCN(CC(=O)O)CCN(CC(=O)O)CC2)c1)C(C)C)C(N)=O. The molecule has 0 spiro atoms. The zero-order chi connectivity index (χ0) is 75.9. The molecule has 1 aliphatic heterocycles. The number of aromatic amines is 2. The molecular weight excluding hydrogens is 1360 g/mol. The highest BCUT2D eigenvalue weighted by atomic mass is 32.2. The molecule has 0 unspecified atom stereocenters. The number of carbonyl (C=O) groups excluding carboxylic acids is 11. The Labute approximate surface area is 600 Å². The highest BCUT2D eigenvalue weighted by Crippen LogP contribution is 2.20. The average Bonchev–Trinajstić information content (AvgIpc) is 1.72. The van der Waals surface area contributed by atoms with Gasteiger partial charge in [-0.1, -0.05) is 58.0 Å². The number of primary amides is 2. The number of hydrogen-bond donors (Lipinski definition) is 16. The first kappa shape index (κ1) is 83.6. The second-order valence-electron chi connectivity index (χ2n) is 25.9. The molecule has 7 atom stereocenters. The molecule has 103 heavy (non-hydrogen) atoms. The Morgan fingerprint density at radius 2 is 1.12 bits per heavy atom. The molecule has 0 saturated carbocycles. The molecule has 5 rings (SSSR count). The Morgan fingerprint density at radius 3 is 1.67 bits per heavy atom. The predicted octanol–water partition coefficient (Wildman–Crippen LogP) is -3.18. The summed E-state index contributed by atoms with van der Waals surface area (Å²) < 4.78 is 0. The van der Waals surface area contributed by atoms with Gasteiger partial charge in [0.15, 0.2) is 0 Å². The Hall–Kier alpha value is -10.0. The van der Waals surface area contributed by atoms with Crippen molar-refractivity contribution in [2.45, 2.75) is 122 Å². The third kappa shape index (κ3) is 29.8. The number of fused-ring (bicyclic) bond motifs is 1. The Balaban J connectivity index is 1.25. The minimum absolute atomic E-state index is 0.0277. The molecular formula is C67H98N18O17S. The summed E-state index contributed by atoms with van der Waals surface area (Å²) in [4.78, 5) is 202. The van der Waals surface area contributed by atoms with E-state index in [4.69, 9.17) is 11.5 Å². The second-order valence-corrected chi connectivity index (χ2v) is 26.9. The minimum Gasteiger partial charge on any atom is -0.480 e. The van der Waals surface area contributed by atoms with Gasteiger partial charge in [-0.25, -0.2) is 4.98 Å². The van der Waals surface area contributed by atoms with Crippen LogP contribution in [-0.4, -0.2) is 272 Å². The van der Waals surface area contributed by atoms with Gasteiger partial charge in [0.2, 0.25) is 59.1 Å². The van der Waals surface area contributed by atoms with Crippen LogP contribution in [0.2, 0.25) is 0 Å². The van der Waals surface area contributed by atoms with E-state index in [0.29, 0.717) is 33.5 Å². The molecule has 2 aromatic heterocycles. The number of nitrogens with two attached hydrogens (primary N) is 2. The Kier molecular flexibility index (Phi) is 34.4. The lowest BCUT2D eigenvalue weighted by Gasteiger charge is -2.32. The highest BCUT2D eigenvalue weighted by Gasteiger charge is 2.35. The van der Waals surface area contributed by atoms with Crippen molar-refractivity contribution in [2.24, 2.45) is 23.3 Å². The van der Waals surface area contributed by atoms with Crippen LogP contribution in [0.15, 0.2) is 67.3 Å². The number of amides is 11. The number of hydrogen-bond acceptors (Lipinski definition) is 20. The maximum Gasteiger partial charge on any atom is 0.317 e. The number of imidazole rings is 1. The summed E-state index contributed by atoms with van der Waals surface area (Å²) in [7, 11) is 0. The van der Waals surface area contributed by atoms with Crippen molar-refractivity contribution in [3.05, 3.63) is 89.6 Å². The fraction of sp³-hybridized carbons (Fsp3) is 0.537. The molecule has 0 bridgehead atoms. The van der Waals surface area contributed by atoms with Crippen LogP contribution in [0.25, 0.3) is 10.9 Å². The standard InChI is InChI=1S/C67H98N18O17S/c1-39(2)26-50(65(100)77-48(60(69)95)16-25-103-6)79-66(101)52(29-45-32-70-38-74-45)76-54(87)33-73-67(102)59(40(3)4)81-61(96)41(5)75-64(99)51(28-44-31-71-47-13-8-7-12-46(44)47)80-63(98)49(14-15-53(68)86)78-62(97)43-11-9-10-42(27-43)30-72-55(88)34-82-17-19-83(35-56(89)90)21-23-85(37-58(93)94)24-22-84(20-18-82)36-57(91)92/h7-13,27,31-32,38-41,48-52,59,71H,14-26,28-30,33-37H2,1-6H3,(H2,68,86)(H2,69,95)(H,70,74)(H,72,88)(H,73,102)(H,75,99)(H,76,87)(H,77,100)(H,78,97)(H,79,101)(H,80,98)(H,81,96)(H,89,90)(H,91,92)(H,93,94)/t41-,48-,49-,50-,51-,52-,59-/m0/s1. The van der Waals surface area contributed by atoms with Crippen molar-refractivity contribution in [2.75, 3.05) is 97.1 Å². The van der Waals surface area contributed by atoms with E-state index >= 15 is 0 Å². The van der Waals surface area contributed by atoms with Crippen LogP contribution in [0.4, 0.5) is 0 Å². The fourth-order valence-corrected chi connectivity index (χ4v) is 11.6.